The molecule has 2 rings (SSSR count). The summed E-state index contributed by atoms with van der Waals surface area (Å²) in [6.45, 7) is 6.07. The van der Waals surface area contributed by atoms with Crippen molar-refractivity contribution in [2.24, 2.45) is 0 Å². The summed E-state index contributed by atoms with van der Waals surface area (Å²) in [6, 6.07) is 3.52. The van der Waals surface area contributed by atoms with Crippen molar-refractivity contribution in [3.63, 3.8) is 0 Å². The number of amides is 3. The van der Waals surface area contributed by atoms with Gasteiger partial charge in [0.2, 0.25) is 5.91 Å². The number of halogens is 1. The average Bonchev–Trinajstić information content (AvgIpc) is 3.10. The largest absolute Gasteiger partial charge is 0.343 e. The van der Waals surface area contributed by atoms with Crippen LogP contribution in [0.4, 0.5) is 10.5 Å². The zero-order valence-corrected chi connectivity index (χ0v) is 15.2. The monoisotopic (exact) mass is 351 g/mol. The van der Waals surface area contributed by atoms with Gasteiger partial charge in [0.05, 0.1) is 5.69 Å². The molecule has 24 heavy (non-hydrogen) atoms. The van der Waals surface area contributed by atoms with Gasteiger partial charge in [0, 0.05) is 31.1 Å². The van der Waals surface area contributed by atoms with Crippen molar-refractivity contribution in [1.29, 1.82) is 0 Å². The van der Waals surface area contributed by atoms with Crippen molar-refractivity contribution < 1.29 is 9.59 Å². The molecule has 0 saturated carbocycles. The number of nitrogens with one attached hydrogen (secondary N) is 2. The van der Waals surface area contributed by atoms with E-state index in [-0.39, 0.29) is 11.9 Å². The maximum absolute atomic E-state index is 12.2. The van der Waals surface area contributed by atoms with Gasteiger partial charge in [-0.2, -0.15) is 0 Å². The van der Waals surface area contributed by atoms with Crippen molar-refractivity contribution in [3.05, 3.63) is 28.3 Å². The molecule has 0 radical (unpaired) electrons. The molecular weight excluding hydrogens is 326 g/mol. The summed E-state index contributed by atoms with van der Waals surface area (Å²) >= 11 is 6.24. The van der Waals surface area contributed by atoms with Gasteiger partial charge in [-0.3, -0.25) is 4.79 Å². The molecule has 1 heterocycles. The molecule has 5 nitrogen and oxygen atoms in total. The Bertz CT molecular complexity index is 598. The number of likely N-dealkylation sites (tertiary alicyclic amines) is 1. The number of urea groups is 1. The van der Waals surface area contributed by atoms with Crippen LogP contribution in [0.25, 0.3) is 0 Å². The van der Waals surface area contributed by atoms with E-state index in [0.29, 0.717) is 18.0 Å². The van der Waals surface area contributed by atoms with Crippen LogP contribution in [0, 0.1) is 0 Å². The Kier molecular flexibility index (Phi) is 6.91. The Morgan fingerprint density at radius 1 is 1.17 bits per heavy atom. The molecule has 2 N–H and O–H groups in total. The van der Waals surface area contributed by atoms with E-state index < -0.39 is 0 Å². The average molecular weight is 352 g/mol. The first kappa shape index (κ1) is 18.6. The van der Waals surface area contributed by atoms with Crippen LogP contribution >= 0.6 is 11.6 Å². The molecule has 132 valence electrons. The van der Waals surface area contributed by atoms with Crippen LogP contribution in [-0.4, -0.2) is 36.5 Å². The van der Waals surface area contributed by atoms with E-state index in [1.54, 1.807) is 0 Å². The first-order chi connectivity index (χ1) is 11.6. The first-order valence-electron chi connectivity index (χ1n) is 8.69. The van der Waals surface area contributed by atoms with E-state index in [2.05, 4.69) is 10.6 Å². The summed E-state index contributed by atoms with van der Waals surface area (Å²) < 4.78 is 0. The smallest absolute Gasteiger partial charge is 0.319 e. The number of carbonyl (C=O) groups is 2. The summed E-state index contributed by atoms with van der Waals surface area (Å²) in [5.74, 6) is 0.110. The van der Waals surface area contributed by atoms with Crippen molar-refractivity contribution in [1.82, 2.24) is 10.2 Å². The number of rotatable bonds is 6. The maximum Gasteiger partial charge on any atom is 0.319 e. The Morgan fingerprint density at radius 2 is 1.88 bits per heavy atom. The lowest BCUT2D eigenvalue weighted by molar-refractivity contribution is -0.129. The second-order valence-electron chi connectivity index (χ2n) is 5.99. The summed E-state index contributed by atoms with van der Waals surface area (Å²) in [7, 11) is 0. The fourth-order valence-corrected chi connectivity index (χ4v) is 3.32. The van der Waals surface area contributed by atoms with Crippen LogP contribution in [-0.2, 0) is 17.6 Å². The molecule has 1 aromatic rings. The van der Waals surface area contributed by atoms with Gasteiger partial charge in [-0.1, -0.05) is 31.5 Å². The molecule has 0 atom stereocenters. The summed E-state index contributed by atoms with van der Waals surface area (Å²) in [5.41, 5.74) is 2.79. The minimum atomic E-state index is -0.295. The highest BCUT2D eigenvalue weighted by Gasteiger charge is 2.18. The van der Waals surface area contributed by atoms with E-state index in [0.717, 1.165) is 55.6 Å². The third-order valence-electron chi connectivity index (χ3n) is 4.40. The SMILES string of the molecule is CCc1ccc(Cl)c(CC)c1NC(=O)NCCC(=O)N1CCCC1. The number of benzene rings is 1. The number of aryl methyl sites for hydroxylation is 1. The second kappa shape index (κ2) is 8.92. The fraction of sp³-hybridized carbons (Fsp3) is 0.556. The van der Waals surface area contributed by atoms with Crippen LogP contribution in [0.5, 0.6) is 0 Å². The molecule has 0 spiro atoms. The van der Waals surface area contributed by atoms with Crippen LogP contribution in [0.1, 0.15) is 44.2 Å². The number of hydrogen-bond donors (Lipinski definition) is 2. The van der Waals surface area contributed by atoms with Gasteiger partial charge in [-0.25, -0.2) is 4.79 Å². The molecule has 1 fully saturated rings. The number of carbonyl (C=O) groups excluding carboxylic acids is 2. The summed E-state index contributed by atoms with van der Waals surface area (Å²) in [4.78, 5) is 26.0. The predicted octanol–water partition coefficient (Wildman–Crippen LogP) is 3.60. The lowest BCUT2D eigenvalue weighted by atomic mass is 10.0. The Hall–Kier alpha value is -1.75. The van der Waals surface area contributed by atoms with Gasteiger partial charge >= 0.3 is 6.03 Å². The lowest BCUT2D eigenvalue weighted by Gasteiger charge is -2.17. The Balaban J connectivity index is 1.90. The zero-order chi connectivity index (χ0) is 17.5. The van der Waals surface area contributed by atoms with Crippen molar-refractivity contribution >= 4 is 29.2 Å². The minimum absolute atomic E-state index is 0.110. The Morgan fingerprint density at radius 3 is 2.50 bits per heavy atom. The predicted molar refractivity (Wildman–Crippen MR) is 97.7 cm³/mol. The van der Waals surface area contributed by atoms with Crippen LogP contribution in [0.2, 0.25) is 5.02 Å². The topological polar surface area (TPSA) is 61.4 Å². The van der Waals surface area contributed by atoms with E-state index in [4.69, 9.17) is 11.6 Å². The van der Waals surface area contributed by atoms with Gasteiger partial charge in [0.1, 0.15) is 0 Å². The molecule has 0 unspecified atom stereocenters. The van der Waals surface area contributed by atoms with Crippen molar-refractivity contribution in [3.8, 4) is 0 Å². The molecule has 0 bridgehead atoms. The van der Waals surface area contributed by atoms with E-state index in [1.807, 2.05) is 30.9 Å². The molecule has 0 aromatic heterocycles. The molecule has 1 aliphatic heterocycles. The van der Waals surface area contributed by atoms with Crippen LogP contribution < -0.4 is 10.6 Å². The highest BCUT2D eigenvalue weighted by Crippen LogP contribution is 2.29. The van der Waals surface area contributed by atoms with Crippen LogP contribution in [0.15, 0.2) is 12.1 Å². The zero-order valence-electron chi connectivity index (χ0n) is 14.5. The third kappa shape index (κ3) is 4.63. The summed E-state index contributed by atoms with van der Waals surface area (Å²) in [5, 5.41) is 6.33. The maximum atomic E-state index is 12.2. The van der Waals surface area contributed by atoms with Gasteiger partial charge in [0.25, 0.3) is 0 Å². The Labute approximate surface area is 148 Å². The summed E-state index contributed by atoms with van der Waals surface area (Å²) in [6.07, 6.45) is 4.05. The van der Waals surface area contributed by atoms with E-state index in [9.17, 15) is 9.59 Å². The van der Waals surface area contributed by atoms with Gasteiger partial charge in [-0.15, -0.1) is 0 Å². The molecule has 1 aromatic carbocycles. The normalized spacial score (nSPS) is 13.9. The molecule has 3 amide bonds. The molecule has 6 heteroatoms. The standard InChI is InChI=1S/C18H26ClN3O2/c1-3-13-7-8-15(19)14(4-2)17(13)21-18(24)20-10-9-16(23)22-11-5-6-12-22/h7-8H,3-6,9-12H2,1-2H3,(H2,20,21,24). The highest BCUT2D eigenvalue weighted by molar-refractivity contribution is 6.31. The van der Waals surface area contributed by atoms with Gasteiger partial charge in [0.15, 0.2) is 0 Å². The first-order valence-corrected chi connectivity index (χ1v) is 9.07. The molecular formula is C18H26ClN3O2. The highest BCUT2D eigenvalue weighted by atomic mass is 35.5. The fourth-order valence-electron chi connectivity index (χ4n) is 3.03. The van der Waals surface area contributed by atoms with E-state index >= 15 is 0 Å². The molecule has 1 saturated heterocycles. The quantitative estimate of drug-likeness (QED) is 0.822. The lowest BCUT2D eigenvalue weighted by Crippen LogP contribution is -2.35. The number of nitrogens with zero attached hydrogens (tertiary/aromatic N) is 1. The molecule has 0 aliphatic carbocycles. The van der Waals surface area contributed by atoms with Crippen molar-refractivity contribution in [2.75, 3.05) is 25.0 Å². The van der Waals surface area contributed by atoms with Gasteiger partial charge in [-0.05, 0) is 42.9 Å². The van der Waals surface area contributed by atoms with E-state index in [1.165, 1.54) is 0 Å². The van der Waals surface area contributed by atoms with Crippen molar-refractivity contribution in [2.45, 2.75) is 46.0 Å². The second-order valence-corrected chi connectivity index (χ2v) is 6.39. The number of hydrogen-bond acceptors (Lipinski definition) is 2. The number of anilines is 1. The van der Waals surface area contributed by atoms with Crippen LogP contribution in [0.3, 0.4) is 0 Å². The minimum Gasteiger partial charge on any atom is -0.343 e. The molecule has 1 aliphatic rings. The van der Waals surface area contributed by atoms with Gasteiger partial charge < -0.3 is 15.5 Å². The third-order valence-corrected chi connectivity index (χ3v) is 4.75.